The van der Waals surface area contributed by atoms with Crippen LogP contribution in [0.4, 0.5) is 5.69 Å². The second kappa shape index (κ2) is 5.55. The minimum absolute atomic E-state index is 0.00699. The van der Waals surface area contributed by atoms with E-state index in [-0.39, 0.29) is 11.8 Å². The van der Waals surface area contributed by atoms with Crippen molar-refractivity contribution in [3.63, 3.8) is 0 Å². The van der Waals surface area contributed by atoms with Crippen LogP contribution in [0, 0.1) is 12.8 Å². The average Bonchev–Trinajstić information content (AvgIpc) is 2.94. The fraction of sp³-hybridized carbons (Fsp3) is 0.400. The molecule has 21 heavy (non-hydrogen) atoms. The summed E-state index contributed by atoms with van der Waals surface area (Å²) < 4.78 is 5.29. The number of nitrogens with one attached hydrogen (secondary N) is 2. The lowest BCUT2D eigenvalue weighted by molar-refractivity contribution is -0.120. The number of benzene rings is 1. The second-order valence-electron chi connectivity index (χ2n) is 5.35. The van der Waals surface area contributed by atoms with Gasteiger partial charge >= 0.3 is 0 Å². The molecule has 0 fully saturated rings. The lowest BCUT2D eigenvalue weighted by atomic mass is 9.89. The van der Waals surface area contributed by atoms with Crippen LogP contribution in [0.3, 0.4) is 0 Å². The van der Waals surface area contributed by atoms with E-state index < -0.39 is 0 Å². The van der Waals surface area contributed by atoms with Gasteiger partial charge in [0, 0.05) is 12.3 Å². The molecule has 3 rings (SSSR count). The molecule has 2 N–H and O–H groups in total. The van der Waals surface area contributed by atoms with Crippen LogP contribution in [0.25, 0.3) is 0 Å². The maximum absolute atomic E-state index is 12.5. The van der Waals surface area contributed by atoms with Crippen LogP contribution in [-0.4, -0.2) is 28.4 Å². The van der Waals surface area contributed by atoms with Crippen molar-refractivity contribution in [2.75, 3.05) is 12.4 Å². The van der Waals surface area contributed by atoms with Gasteiger partial charge in [-0.2, -0.15) is 15.4 Å². The third-order valence-electron chi connectivity index (χ3n) is 3.86. The largest absolute Gasteiger partial charge is 0.495 e. The van der Waals surface area contributed by atoms with Gasteiger partial charge in [-0.1, -0.05) is 6.07 Å². The number of ether oxygens (including phenoxy) is 1. The van der Waals surface area contributed by atoms with Crippen LogP contribution >= 0.6 is 0 Å². The van der Waals surface area contributed by atoms with Gasteiger partial charge in [-0.3, -0.25) is 4.79 Å². The highest BCUT2D eigenvalue weighted by atomic mass is 16.5. The Morgan fingerprint density at radius 3 is 3.00 bits per heavy atom. The zero-order valence-corrected chi connectivity index (χ0v) is 12.1. The molecule has 6 heteroatoms. The summed E-state index contributed by atoms with van der Waals surface area (Å²) in [6.07, 6.45) is 2.21. The van der Waals surface area contributed by atoms with E-state index in [2.05, 4.69) is 20.7 Å². The van der Waals surface area contributed by atoms with E-state index in [4.69, 9.17) is 4.74 Å². The monoisotopic (exact) mass is 286 g/mol. The maximum atomic E-state index is 12.5. The van der Waals surface area contributed by atoms with Crippen LogP contribution in [-0.2, 0) is 17.6 Å². The van der Waals surface area contributed by atoms with E-state index >= 15 is 0 Å². The van der Waals surface area contributed by atoms with Crippen LogP contribution in [0.5, 0.6) is 5.75 Å². The minimum Gasteiger partial charge on any atom is -0.495 e. The molecule has 1 heterocycles. The predicted octanol–water partition coefficient (Wildman–Crippen LogP) is 1.87. The highest BCUT2D eigenvalue weighted by Crippen LogP contribution is 2.28. The van der Waals surface area contributed by atoms with Gasteiger partial charge in [-0.15, -0.1) is 0 Å². The molecule has 1 aromatic heterocycles. The number of carbonyl (C=O) groups excluding carboxylic acids is 1. The summed E-state index contributed by atoms with van der Waals surface area (Å²) in [5, 5.41) is 13.8. The summed E-state index contributed by atoms with van der Waals surface area (Å²) >= 11 is 0. The molecule has 0 aliphatic heterocycles. The molecule has 110 valence electrons. The predicted molar refractivity (Wildman–Crippen MR) is 78.3 cm³/mol. The van der Waals surface area contributed by atoms with E-state index in [9.17, 15) is 4.79 Å². The zero-order valence-electron chi connectivity index (χ0n) is 12.1. The van der Waals surface area contributed by atoms with Gasteiger partial charge in [-0.25, -0.2) is 0 Å². The smallest absolute Gasteiger partial charge is 0.227 e. The Hall–Kier alpha value is -2.37. The molecule has 2 aromatic rings. The highest BCUT2D eigenvalue weighted by Gasteiger charge is 2.27. The van der Waals surface area contributed by atoms with Gasteiger partial charge in [-0.05, 0) is 37.5 Å². The first-order chi connectivity index (χ1) is 10.2. The number of hydrogen-bond acceptors (Lipinski definition) is 4. The average molecular weight is 286 g/mol. The Bertz CT molecular complexity index is 665. The van der Waals surface area contributed by atoms with E-state index in [1.807, 2.05) is 25.1 Å². The number of H-pyrrole nitrogens is 1. The molecule has 1 atom stereocenters. The van der Waals surface area contributed by atoms with Crippen molar-refractivity contribution >= 4 is 11.6 Å². The molecule has 0 bridgehead atoms. The van der Waals surface area contributed by atoms with E-state index in [1.165, 1.54) is 0 Å². The Kier molecular flexibility index (Phi) is 3.60. The summed E-state index contributed by atoms with van der Waals surface area (Å²) in [4.78, 5) is 12.5. The first-order valence-corrected chi connectivity index (χ1v) is 7.01. The van der Waals surface area contributed by atoms with Crippen molar-refractivity contribution in [3.05, 3.63) is 35.2 Å². The van der Waals surface area contributed by atoms with Crippen molar-refractivity contribution in [2.24, 2.45) is 5.92 Å². The quantitative estimate of drug-likeness (QED) is 0.902. The lowest BCUT2D eigenvalue weighted by Gasteiger charge is -2.20. The molecule has 0 saturated heterocycles. The maximum Gasteiger partial charge on any atom is 0.227 e. The number of rotatable bonds is 3. The standard InChI is InChI=1S/C15H18N4O2/c1-9-3-6-14(21-2)13(7-9)16-15(20)10-4-5-11-12(8-10)18-19-17-11/h3,6-7,10H,4-5,8H2,1-2H3,(H,16,20)(H,17,18,19). The molecule has 1 unspecified atom stereocenters. The summed E-state index contributed by atoms with van der Waals surface area (Å²) in [7, 11) is 1.60. The van der Waals surface area contributed by atoms with Gasteiger partial charge in [0.05, 0.1) is 24.2 Å². The van der Waals surface area contributed by atoms with Crippen LogP contribution in [0.15, 0.2) is 18.2 Å². The fourth-order valence-corrected chi connectivity index (χ4v) is 2.66. The van der Waals surface area contributed by atoms with Crippen molar-refractivity contribution in [1.29, 1.82) is 0 Å². The highest BCUT2D eigenvalue weighted by molar-refractivity contribution is 5.94. The number of aromatic amines is 1. The third-order valence-corrected chi connectivity index (χ3v) is 3.86. The van der Waals surface area contributed by atoms with Crippen molar-refractivity contribution < 1.29 is 9.53 Å². The first kappa shape index (κ1) is 13.6. The number of aromatic nitrogens is 3. The zero-order chi connectivity index (χ0) is 14.8. The number of amides is 1. The minimum atomic E-state index is -0.0761. The molecule has 0 saturated carbocycles. The Morgan fingerprint density at radius 2 is 2.19 bits per heavy atom. The summed E-state index contributed by atoms with van der Waals surface area (Å²) in [6, 6.07) is 5.74. The Labute approximate surface area is 122 Å². The third kappa shape index (κ3) is 2.74. The number of hydrogen-bond donors (Lipinski definition) is 2. The number of nitrogens with zero attached hydrogens (tertiary/aromatic N) is 2. The molecule has 1 aliphatic rings. The van der Waals surface area contributed by atoms with Crippen molar-refractivity contribution in [2.45, 2.75) is 26.2 Å². The molecular weight excluding hydrogens is 268 g/mol. The van der Waals surface area contributed by atoms with Gasteiger partial charge in [0.15, 0.2) is 0 Å². The molecule has 1 amide bonds. The summed E-state index contributed by atoms with van der Waals surface area (Å²) in [6.45, 7) is 1.98. The fourth-order valence-electron chi connectivity index (χ4n) is 2.66. The Morgan fingerprint density at radius 1 is 1.38 bits per heavy atom. The van der Waals surface area contributed by atoms with Gasteiger partial charge in [0.1, 0.15) is 5.75 Å². The topological polar surface area (TPSA) is 79.9 Å². The molecule has 6 nitrogen and oxygen atoms in total. The van der Waals surface area contributed by atoms with Gasteiger partial charge in [0.2, 0.25) is 5.91 Å². The number of methoxy groups -OCH3 is 1. The number of aryl methyl sites for hydroxylation is 2. The second-order valence-corrected chi connectivity index (χ2v) is 5.35. The molecular formula is C15H18N4O2. The summed E-state index contributed by atoms with van der Waals surface area (Å²) in [5.74, 6) is 0.604. The van der Waals surface area contributed by atoms with E-state index in [0.29, 0.717) is 17.9 Å². The van der Waals surface area contributed by atoms with Crippen LogP contribution in [0.2, 0.25) is 0 Å². The van der Waals surface area contributed by atoms with Crippen LogP contribution in [0.1, 0.15) is 23.4 Å². The molecule has 1 aliphatic carbocycles. The molecule has 0 spiro atoms. The number of fused-ring (bicyclic) bond motifs is 1. The normalized spacial score (nSPS) is 17.1. The van der Waals surface area contributed by atoms with Crippen LogP contribution < -0.4 is 10.1 Å². The van der Waals surface area contributed by atoms with Gasteiger partial charge in [0.25, 0.3) is 0 Å². The SMILES string of the molecule is COc1ccc(C)cc1NC(=O)C1CCc2n[nH]nc2C1. The van der Waals surface area contributed by atoms with Crippen molar-refractivity contribution in [1.82, 2.24) is 15.4 Å². The van der Waals surface area contributed by atoms with E-state index in [1.54, 1.807) is 7.11 Å². The summed E-state index contributed by atoms with van der Waals surface area (Å²) in [5.41, 5.74) is 3.67. The van der Waals surface area contributed by atoms with E-state index in [0.717, 1.165) is 29.8 Å². The Balaban J connectivity index is 1.74. The molecule has 0 radical (unpaired) electrons. The van der Waals surface area contributed by atoms with Gasteiger partial charge < -0.3 is 10.1 Å². The van der Waals surface area contributed by atoms with Crippen molar-refractivity contribution in [3.8, 4) is 5.75 Å². The number of anilines is 1. The number of carbonyl (C=O) groups is 1. The lowest BCUT2D eigenvalue weighted by Crippen LogP contribution is -2.28. The molecule has 1 aromatic carbocycles. The first-order valence-electron chi connectivity index (χ1n) is 7.01.